The molecular formula is C19H16N4O. The van der Waals surface area contributed by atoms with Gasteiger partial charge in [-0.2, -0.15) is 0 Å². The molecule has 2 aromatic heterocycles. The van der Waals surface area contributed by atoms with Crippen LogP contribution >= 0.6 is 0 Å². The summed E-state index contributed by atoms with van der Waals surface area (Å²) in [4.78, 5) is 21.6. The number of nitrogens with zero attached hydrogens (tertiary/aromatic N) is 4. The van der Waals surface area contributed by atoms with Crippen LogP contribution in [0, 0.1) is 6.92 Å². The summed E-state index contributed by atoms with van der Waals surface area (Å²) >= 11 is 0. The molecule has 0 amide bonds. The zero-order valence-electron chi connectivity index (χ0n) is 13.3. The highest BCUT2D eigenvalue weighted by Gasteiger charge is 2.12. The van der Waals surface area contributed by atoms with E-state index in [0.29, 0.717) is 17.7 Å². The summed E-state index contributed by atoms with van der Waals surface area (Å²) in [6, 6.07) is 17.6. The minimum Gasteiger partial charge on any atom is -0.320 e. The molecule has 0 saturated carbocycles. The number of aryl methyl sites for hydroxylation is 1. The average Bonchev–Trinajstić information content (AvgIpc) is 3.02. The van der Waals surface area contributed by atoms with Crippen LogP contribution in [0.2, 0.25) is 0 Å². The van der Waals surface area contributed by atoms with Crippen molar-refractivity contribution < 1.29 is 0 Å². The molecule has 0 unspecified atom stereocenters. The summed E-state index contributed by atoms with van der Waals surface area (Å²) in [6.07, 6.45) is 3.21. The van der Waals surface area contributed by atoms with Gasteiger partial charge in [0, 0.05) is 6.54 Å². The van der Waals surface area contributed by atoms with Crippen LogP contribution in [0.5, 0.6) is 0 Å². The van der Waals surface area contributed by atoms with Crippen LogP contribution in [0.25, 0.3) is 16.9 Å². The second-order valence-corrected chi connectivity index (χ2v) is 5.73. The number of hydrogen-bond donors (Lipinski definition) is 0. The third-order valence-corrected chi connectivity index (χ3v) is 4.17. The summed E-state index contributed by atoms with van der Waals surface area (Å²) in [5.41, 5.74) is 4.01. The maximum Gasteiger partial charge on any atom is 0.284 e. The Morgan fingerprint density at radius 3 is 2.42 bits per heavy atom. The number of rotatable bonds is 3. The van der Waals surface area contributed by atoms with Gasteiger partial charge < -0.3 is 4.57 Å². The number of imidazole rings is 1. The Morgan fingerprint density at radius 1 is 0.917 bits per heavy atom. The van der Waals surface area contributed by atoms with Crippen LogP contribution in [0.3, 0.4) is 0 Å². The third kappa shape index (κ3) is 2.40. The molecule has 0 bridgehead atoms. The quantitative estimate of drug-likeness (QED) is 0.584. The Morgan fingerprint density at radius 2 is 1.62 bits per heavy atom. The molecule has 0 aliphatic rings. The van der Waals surface area contributed by atoms with Gasteiger partial charge in [0.2, 0.25) is 0 Å². The first-order chi connectivity index (χ1) is 11.7. The molecule has 0 spiro atoms. The molecule has 0 fully saturated rings. The van der Waals surface area contributed by atoms with Crippen molar-refractivity contribution in [3.8, 4) is 5.69 Å². The Hall–Kier alpha value is -3.21. The second kappa shape index (κ2) is 5.77. The van der Waals surface area contributed by atoms with Crippen molar-refractivity contribution in [2.45, 2.75) is 13.5 Å². The highest BCUT2D eigenvalue weighted by atomic mass is 16.1. The lowest BCUT2D eigenvalue weighted by Crippen LogP contribution is -2.21. The maximum absolute atomic E-state index is 12.9. The lowest BCUT2D eigenvalue weighted by atomic mass is 10.1. The normalized spacial score (nSPS) is 11.0. The van der Waals surface area contributed by atoms with Crippen molar-refractivity contribution in [3.63, 3.8) is 0 Å². The van der Waals surface area contributed by atoms with Crippen molar-refractivity contribution >= 4 is 11.2 Å². The molecule has 24 heavy (non-hydrogen) atoms. The second-order valence-electron chi connectivity index (χ2n) is 5.73. The first kappa shape index (κ1) is 14.4. The Labute approximate surface area is 138 Å². The number of benzene rings is 2. The topological polar surface area (TPSA) is 52.7 Å². The van der Waals surface area contributed by atoms with E-state index < -0.39 is 0 Å². The molecule has 5 heteroatoms. The van der Waals surface area contributed by atoms with E-state index in [4.69, 9.17) is 0 Å². The van der Waals surface area contributed by atoms with Gasteiger partial charge in [-0.1, -0.05) is 42.5 Å². The molecule has 0 N–H and O–H groups in total. The molecule has 0 aliphatic carbocycles. The molecule has 0 saturated heterocycles. The van der Waals surface area contributed by atoms with E-state index >= 15 is 0 Å². The van der Waals surface area contributed by atoms with Gasteiger partial charge in [-0.15, -0.1) is 0 Å². The third-order valence-electron chi connectivity index (χ3n) is 4.17. The SMILES string of the molecule is Cc1ccccc1Cn1cnc2ncn(-c3ccccc3)c(=O)c21. The zero-order valence-corrected chi connectivity index (χ0v) is 13.3. The Kier molecular flexibility index (Phi) is 3.46. The van der Waals surface area contributed by atoms with Crippen molar-refractivity contribution in [2.24, 2.45) is 0 Å². The lowest BCUT2D eigenvalue weighted by Gasteiger charge is -2.09. The van der Waals surface area contributed by atoms with Crippen LogP contribution in [-0.2, 0) is 6.54 Å². The highest BCUT2D eigenvalue weighted by Crippen LogP contribution is 2.13. The van der Waals surface area contributed by atoms with E-state index in [9.17, 15) is 4.79 Å². The van der Waals surface area contributed by atoms with E-state index in [1.54, 1.807) is 10.9 Å². The van der Waals surface area contributed by atoms with Gasteiger partial charge in [0.25, 0.3) is 5.56 Å². The largest absolute Gasteiger partial charge is 0.320 e. The fourth-order valence-corrected chi connectivity index (χ4v) is 2.83. The highest BCUT2D eigenvalue weighted by molar-refractivity contribution is 5.69. The maximum atomic E-state index is 12.9. The molecule has 0 radical (unpaired) electrons. The lowest BCUT2D eigenvalue weighted by molar-refractivity contribution is 0.808. The molecule has 0 aliphatic heterocycles. The monoisotopic (exact) mass is 316 g/mol. The minimum absolute atomic E-state index is 0.114. The first-order valence-electron chi connectivity index (χ1n) is 7.76. The van der Waals surface area contributed by atoms with E-state index in [1.807, 2.05) is 47.0 Å². The summed E-state index contributed by atoms with van der Waals surface area (Å²) in [7, 11) is 0. The van der Waals surface area contributed by atoms with Crippen molar-refractivity contribution in [3.05, 3.63) is 88.7 Å². The van der Waals surface area contributed by atoms with Crippen LogP contribution in [-0.4, -0.2) is 19.1 Å². The van der Waals surface area contributed by atoms with E-state index in [2.05, 4.69) is 29.0 Å². The Balaban J connectivity index is 1.86. The van der Waals surface area contributed by atoms with Crippen LogP contribution in [0.4, 0.5) is 0 Å². The molecule has 118 valence electrons. The molecule has 0 atom stereocenters. The van der Waals surface area contributed by atoms with Crippen molar-refractivity contribution in [1.82, 2.24) is 19.1 Å². The zero-order chi connectivity index (χ0) is 16.5. The van der Waals surface area contributed by atoms with Gasteiger partial charge in [-0.05, 0) is 30.2 Å². The average molecular weight is 316 g/mol. The summed E-state index contributed by atoms with van der Waals surface area (Å²) in [6.45, 7) is 2.66. The molecule has 5 nitrogen and oxygen atoms in total. The van der Waals surface area contributed by atoms with Crippen molar-refractivity contribution in [2.75, 3.05) is 0 Å². The van der Waals surface area contributed by atoms with Gasteiger partial charge in [0.05, 0.1) is 12.0 Å². The molecule has 4 aromatic rings. The number of aromatic nitrogens is 4. The summed E-state index contributed by atoms with van der Waals surface area (Å²) in [5, 5.41) is 0. The number of hydrogen-bond acceptors (Lipinski definition) is 3. The molecule has 4 rings (SSSR count). The predicted molar refractivity (Wildman–Crippen MR) is 93.4 cm³/mol. The molecule has 2 heterocycles. The van der Waals surface area contributed by atoms with Gasteiger partial charge in [-0.3, -0.25) is 9.36 Å². The Bertz CT molecular complexity index is 1060. The number of fused-ring (bicyclic) bond motifs is 1. The van der Waals surface area contributed by atoms with Gasteiger partial charge in [-0.25, -0.2) is 9.97 Å². The van der Waals surface area contributed by atoms with E-state index in [0.717, 1.165) is 11.3 Å². The van der Waals surface area contributed by atoms with Crippen LogP contribution in [0.15, 0.2) is 72.0 Å². The fourth-order valence-electron chi connectivity index (χ4n) is 2.83. The van der Waals surface area contributed by atoms with Crippen LogP contribution < -0.4 is 5.56 Å². The summed E-state index contributed by atoms with van der Waals surface area (Å²) in [5.74, 6) is 0. The van der Waals surface area contributed by atoms with E-state index in [-0.39, 0.29) is 5.56 Å². The first-order valence-corrected chi connectivity index (χ1v) is 7.76. The van der Waals surface area contributed by atoms with Gasteiger partial charge in [0.15, 0.2) is 11.2 Å². The molecular weight excluding hydrogens is 300 g/mol. The summed E-state index contributed by atoms with van der Waals surface area (Å²) < 4.78 is 3.42. The van der Waals surface area contributed by atoms with Crippen molar-refractivity contribution in [1.29, 1.82) is 0 Å². The predicted octanol–water partition coefficient (Wildman–Crippen LogP) is 2.94. The van der Waals surface area contributed by atoms with Gasteiger partial charge in [0.1, 0.15) is 6.33 Å². The molecule has 2 aromatic carbocycles. The standard InChI is InChI=1S/C19H16N4O/c1-14-7-5-6-8-15(14)11-22-12-20-18-17(22)19(24)23(13-21-18)16-9-3-2-4-10-16/h2-10,12-13H,11H2,1H3. The smallest absolute Gasteiger partial charge is 0.284 e. The number of para-hydroxylation sites is 1. The minimum atomic E-state index is -0.114. The van der Waals surface area contributed by atoms with Gasteiger partial charge >= 0.3 is 0 Å². The fraction of sp³-hybridized carbons (Fsp3) is 0.105. The van der Waals surface area contributed by atoms with E-state index in [1.165, 1.54) is 11.9 Å². The van der Waals surface area contributed by atoms with Crippen LogP contribution in [0.1, 0.15) is 11.1 Å².